The highest BCUT2D eigenvalue weighted by Gasteiger charge is 2.39. The van der Waals surface area contributed by atoms with Crippen LogP contribution in [-0.2, 0) is 46.6 Å². The van der Waals surface area contributed by atoms with Crippen molar-refractivity contribution < 1.29 is 76.6 Å². The van der Waals surface area contributed by atoms with E-state index in [2.05, 4.69) is 29.8 Å². The van der Waals surface area contributed by atoms with Gasteiger partial charge in [-0.2, -0.15) is 0 Å². The van der Waals surface area contributed by atoms with Crippen LogP contribution in [0.4, 0.5) is 0 Å². The maximum atomic E-state index is 12.8. The highest BCUT2D eigenvalue weighted by atomic mass is 31.2. The van der Waals surface area contributed by atoms with Gasteiger partial charge < -0.3 is 39.5 Å². The largest absolute Gasteiger partial charge is 0.472 e. The van der Waals surface area contributed by atoms with Crippen molar-refractivity contribution >= 4 is 33.4 Å². The fourth-order valence-electron chi connectivity index (χ4n) is 6.85. The van der Waals surface area contributed by atoms with Crippen LogP contribution in [0.1, 0.15) is 162 Å². The van der Waals surface area contributed by atoms with E-state index in [4.69, 9.17) is 23.8 Å². The summed E-state index contributed by atoms with van der Waals surface area (Å²) < 4.78 is 47.7. The summed E-state index contributed by atoms with van der Waals surface area (Å²) >= 11 is 0. The van der Waals surface area contributed by atoms with Gasteiger partial charge in [-0.3, -0.25) is 28.0 Å². The Balaban J connectivity index is 2.56. The van der Waals surface area contributed by atoms with Gasteiger partial charge >= 0.3 is 27.6 Å². The van der Waals surface area contributed by atoms with Gasteiger partial charge in [0.05, 0.1) is 32.0 Å². The van der Waals surface area contributed by atoms with Crippen molar-refractivity contribution in [2.45, 2.75) is 186 Å². The first-order valence-corrected chi connectivity index (χ1v) is 24.9. The number of esters is 2. The molecule has 0 heterocycles. The van der Waals surface area contributed by atoms with E-state index in [0.29, 0.717) is 38.5 Å². The van der Waals surface area contributed by atoms with E-state index < -0.39 is 84.3 Å². The summed E-state index contributed by atoms with van der Waals surface area (Å²) in [7, 11) is -9.76. The Bertz CT molecular complexity index is 1270. The molecule has 0 aromatic rings. The molecule has 0 aliphatic heterocycles. The molecule has 1 unspecified atom stereocenters. The van der Waals surface area contributed by atoms with Crippen LogP contribution < -0.4 is 0 Å². The normalized spacial score (nSPS) is 19.9. The van der Waals surface area contributed by atoms with E-state index in [1.165, 1.54) is 32.1 Å². The molecule has 7 atom stereocenters. The van der Waals surface area contributed by atoms with E-state index >= 15 is 0 Å². The minimum atomic E-state index is -4.89. The zero-order chi connectivity index (χ0) is 44.1. The van der Waals surface area contributed by atoms with Crippen LogP contribution in [0, 0.1) is 17.8 Å². The van der Waals surface area contributed by atoms with Gasteiger partial charge in [-0.1, -0.05) is 129 Å². The molecule has 0 saturated heterocycles. The summed E-state index contributed by atoms with van der Waals surface area (Å²) in [4.78, 5) is 65.4. The van der Waals surface area contributed by atoms with E-state index in [1.54, 1.807) is 12.2 Å². The van der Waals surface area contributed by atoms with Gasteiger partial charge in [0.15, 0.2) is 6.10 Å². The Labute approximate surface area is 352 Å². The number of unbranched alkanes of at least 4 members (excludes halogenated alkanes) is 13. The Kier molecular flexibility index (Phi) is 30.2. The van der Waals surface area contributed by atoms with Crippen molar-refractivity contribution in [1.29, 1.82) is 0 Å². The van der Waals surface area contributed by atoms with Gasteiger partial charge in [0.2, 0.25) is 0 Å². The maximum absolute atomic E-state index is 12.8. The summed E-state index contributed by atoms with van der Waals surface area (Å²) in [6.07, 6.45) is 17.0. The van der Waals surface area contributed by atoms with E-state index in [1.807, 2.05) is 0 Å². The molecule has 1 rings (SSSR count). The molecule has 0 aromatic carbocycles. The lowest BCUT2D eigenvalue weighted by Crippen LogP contribution is -2.30. The standard InChI is InChI=1S/C41H76O16P2/c1-4-5-15-21-33(42)25-26-37-36(38(44)27-39(37)45)22-17-13-14-19-24-41(47)57-35(31-56-59(51,52)55-29-34(43)28-54-58(48,49)50)30-53-40(46)23-18-12-10-8-6-7-9-11-16-20-32(2)3/h25-26,32-38,42-44H,4-24,27-31H2,1-3H3,(H,51,52)(H2,48,49,50)/b26-25+/t33-,34-,35+,36+,37+,38-/m0/s1. The molecule has 1 aliphatic rings. The van der Waals surface area contributed by atoms with Gasteiger partial charge in [0.1, 0.15) is 18.5 Å². The zero-order valence-corrected chi connectivity index (χ0v) is 37.5. The molecule has 16 nitrogen and oxygen atoms in total. The molecule has 0 spiro atoms. The molecule has 0 amide bonds. The SMILES string of the molecule is CCCCC[C@H](O)/C=C/[C@H]1C(=O)C[C@H](O)[C@@H]1CCCCCCC(=O)O[C@H](COC(=O)CCCCCCCCCCCC(C)C)COP(=O)(O)OC[C@@H](O)COP(=O)(O)O. The first kappa shape index (κ1) is 55.5. The molecular formula is C41H76O16P2. The second-order valence-electron chi connectivity index (χ2n) is 16.2. The number of hydrogen-bond donors (Lipinski definition) is 6. The van der Waals surface area contributed by atoms with Gasteiger partial charge in [0, 0.05) is 25.2 Å². The number of hydrogen-bond acceptors (Lipinski definition) is 13. The Morgan fingerprint density at radius 1 is 0.729 bits per heavy atom. The van der Waals surface area contributed by atoms with E-state index in [9.17, 15) is 43.7 Å². The van der Waals surface area contributed by atoms with Crippen molar-refractivity contribution in [1.82, 2.24) is 0 Å². The van der Waals surface area contributed by atoms with Crippen LogP contribution >= 0.6 is 15.6 Å². The fourth-order valence-corrected chi connectivity index (χ4v) is 8.00. The van der Waals surface area contributed by atoms with Crippen LogP contribution in [0.15, 0.2) is 12.2 Å². The van der Waals surface area contributed by atoms with Crippen molar-refractivity contribution in [3.05, 3.63) is 12.2 Å². The van der Waals surface area contributed by atoms with E-state index in [-0.39, 0.29) is 31.0 Å². The average Bonchev–Trinajstić information content (AvgIpc) is 3.43. The topological polar surface area (TPSA) is 253 Å². The lowest BCUT2D eigenvalue weighted by Gasteiger charge is -2.20. The van der Waals surface area contributed by atoms with Gasteiger partial charge in [-0.05, 0) is 37.5 Å². The number of carbonyl (C=O) groups is 3. The molecule has 59 heavy (non-hydrogen) atoms. The minimum absolute atomic E-state index is 0.00668. The molecule has 0 bridgehead atoms. The molecule has 1 aliphatic carbocycles. The number of phosphoric ester groups is 2. The highest BCUT2D eigenvalue weighted by molar-refractivity contribution is 7.47. The number of phosphoric acid groups is 2. The minimum Gasteiger partial charge on any atom is -0.462 e. The Hall–Kier alpha value is -1.55. The monoisotopic (exact) mass is 886 g/mol. The second-order valence-corrected chi connectivity index (χ2v) is 18.9. The van der Waals surface area contributed by atoms with Crippen LogP contribution in [-0.4, -0.2) is 98.6 Å². The van der Waals surface area contributed by atoms with Crippen molar-refractivity contribution in [2.24, 2.45) is 17.8 Å². The molecule has 1 fully saturated rings. The fraction of sp³-hybridized carbons (Fsp3) is 0.878. The summed E-state index contributed by atoms with van der Waals surface area (Å²) in [5, 5.41) is 30.5. The Morgan fingerprint density at radius 3 is 1.88 bits per heavy atom. The molecular weight excluding hydrogens is 810 g/mol. The quantitative estimate of drug-likeness (QED) is 0.0154. The van der Waals surface area contributed by atoms with Crippen LogP contribution in [0.2, 0.25) is 0 Å². The molecule has 18 heteroatoms. The predicted octanol–water partition coefficient (Wildman–Crippen LogP) is 7.40. The number of ketones is 1. The third kappa shape index (κ3) is 30.2. The second kappa shape index (κ2) is 32.2. The summed E-state index contributed by atoms with van der Waals surface area (Å²) in [6, 6.07) is 0. The van der Waals surface area contributed by atoms with Crippen LogP contribution in [0.5, 0.6) is 0 Å². The maximum Gasteiger partial charge on any atom is 0.472 e. The number of rotatable bonds is 37. The average molecular weight is 887 g/mol. The van der Waals surface area contributed by atoms with Gasteiger partial charge in [-0.25, -0.2) is 9.13 Å². The number of aliphatic hydroxyl groups is 3. The van der Waals surface area contributed by atoms with Crippen molar-refractivity contribution in [2.75, 3.05) is 26.4 Å². The third-order valence-corrected chi connectivity index (χ3v) is 11.7. The van der Waals surface area contributed by atoms with Crippen LogP contribution in [0.3, 0.4) is 0 Å². The lowest BCUT2D eigenvalue weighted by atomic mass is 9.88. The lowest BCUT2D eigenvalue weighted by molar-refractivity contribution is -0.161. The van der Waals surface area contributed by atoms with E-state index in [0.717, 1.165) is 57.3 Å². The number of allylic oxidation sites excluding steroid dienone is 1. The number of Topliss-reactive ketones (excluding diaryl/α,β-unsaturated/α-hetero) is 1. The molecule has 0 aromatic heterocycles. The summed E-state index contributed by atoms with van der Waals surface area (Å²) in [5.74, 6) is -1.16. The summed E-state index contributed by atoms with van der Waals surface area (Å²) in [6.45, 7) is 3.65. The van der Waals surface area contributed by atoms with Crippen molar-refractivity contribution in [3.8, 4) is 0 Å². The predicted molar refractivity (Wildman–Crippen MR) is 222 cm³/mol. The van der Waals surface area contributed by atoms with Gasteiger partial charge in [0.25, 0.3) is 0 Å². The molecule has 0 radical (unpaired) electrons. The summed E-state index contributed by atoms with van der Waals surface area (Å²) in [5.41, 5.74) is 0. The molecule has 346 valence electrons. The number of ether oxygens (including phenoxy) is 2. The smallest absolute Gasteiger partial charge is 0.462 e. The highest BCUT2D eigenvalue weighted by Crippen LogP contribution is 2.44. The van der Waals surface area contributed by atoms with Crippen LogP contribution in [0.25, 0.3) is 0 Å². The Morgan fingerprint density at radius 2 is 1.27 bits per heavy atom. The van der Waals surface area contributed by atoms with Gasteiger partial charge in [-0.15, -0.1) is 0 Å². The van der Waals surface area contributed by atoms with Crippen molar-refractivity contribution in [3.63, 3.8) is 0 Å². The molecule has 1 saturated carbocycles. The zero-order valence-electron chi connectivity index (χ0n) is 35.7. The first-order valence-electron chi connectivity index (χ1n) is 21.8. The number of aliphatic hydroxyl groups excluding tert-OH is 3. The number of carbonyl (C=O) groups excluding carboxylic acids is 3. The first-order chi connectivity index (χ1) is 27.9. The molecule has 6 N–H and O–H groups in total. The third-order valence-electron chi connectivity index (χ3n) is 10.2.